The van der Waals surface area contributed by atoms with Crippen molar-refractivity contribution in [2.24, 2.45) is 0 Å². The van der Waals surface area contributed by atoms with Crippen LogP contribution in [0.25, 0.3) is 10.9 Å². The predicted octanol–water partition coefficient (Wildman–Crippen LogP) is 3.50. The average Bonchev–Trinajstić information content (AvgIpc) is 2.54. The Morgan fingerprint density at radius 2 is 1.76 bits per heavy atom. The molecule has 4 heteroatoms. The van der Waals surface area contributed by atoms with Gasteiger partial charge in [0.2, 0.25) is 0 Å². The van der Waals surface area contributed by atoms with Crippen LogP contribution < -0.4 is 10.1 Å². The molecule has 1 N–H and O–H groups in total. The lowest BCUT2D eigenvalue weighted by Crippen LogP contribution is -2.13. The highest BCUT2D eigenvalue weighted by atomic mass is 16.5. The van der Waals surface area contributed by atoms with Gasteiger partial charge >= 0.3 is 0 Å². The molecule has 3 aromatic rings. The van der Waals surface area contributed by atoms with Crippen LogP contribution in [0.1, 0.15) is 10.5 Å². The number of nitrogens with one attached hydrogen (secondary N) is 1. The molecule has 0 aliphatic heterocycles. The van der Waals surface area contributed by atoms with Gasteiger partial charge in [0.05, 0.1) is 12.6 Å². The Balaban J connectivity index is 1.98. The van der Waals surface area contributed by atoms with Gasteiger partial charge in [-0.05, 0) is 24.3 Å². The molecule has 0 spiro atoms. The number of benzene rings is 2. The fourth-order valence-corrected chi connectivity index (χ4v) is 2.15. The molecule has 0 unspecified atom stereocenters. The number of methoxy groups -OCH3 is 1. The van der Waals surface area contributed by atoms with E-state index in [0.717, 1.165) is 16.6 Å². The van der Waals surface area contributed by atoms with Crippen molar-refractivity contribution in [2.75, 3.05) is 12.4 Å². The lowest BCUT2D eigenvalue weighted by molar-refractivity contribution is 0.102. The Kier molecular flexibility index (Phi) is 3.51. The van der Waals surface area contributed by atoms with E-state index in [1.807, 2.05) is 54.6 Å². The van der Waals surface area contributed by atoms with Crippen LogP contribution in [0.3, 0.4) is 0 Å². The molecule has 2 aromatic carbocycles. The number of rotatable bonds is 3. The number of nitrogens with zero attached hydrogens (tertiary/aromatic N) is 1. The van der Waals surface area contributed by atoms with Crippen LogP contribution in [-0.2, 0) is 0 Å². The third kappa shape index (κ3) is 2.69. The van der Waals surface area contributed by atoms with Gasteiger partial charge in [-0.2, -0.15) is 0 Å². The summed E-state index contributed by atoms with van der Waals surface area (Å²) < 4.78 is 5.35. The van der Waals surface area contributed by atoms with E-state index in [1.165, 1.54) is 0 Å². The molecular weight excluding hydrogens is 264 g/mol. The largest absolute Gasteiger partial charge is 0.496 e. The van der Waals surface area contributed by atoms with Crippen LogP contribution in [0.5, 0.6) is 5.75 Å². The second-order valence-electron chi connectivity index (χ2n) is 4.55. The molecule has 0 saturated carbocycles. The van der Waals surface area contributed by atoms with Crippen molar-refractivity contribution < 1.29 is 9.53 Å². The van der Waals surface area contributed by atoms with Crippen LogP contribution >= 0.6 is 0 Å². The van der Waals surface area contributed by atoms with Gasteiger partial charge in [0, 0.05) is 17.1 Å². The molecule has 1 heterocycles. The maximum absolute atomic E-state index is 12.3. The molecule has 1 amide bonds. The molecule has 0 fully saturated rings. The first-order chi connectivity index (χ1) is 10.3. The summed E-state index contributed by atoms with van der Waals surface area (Å²) in [6.45, 7) is 0. The Morgan fingerprint density at radius 1 is 1.05 bits per heavy atom. The van der Waals surface area contributed by atoms with Gasteiger partial charge in [-0.3, -0.25) is 4.79 Å². The highest BCUT2D eigenvalue weighted by molar-refractivity contribution is 6.05. The Bertz CT molecular complexity index is 785. The number of ether oxygens (including phenoxy) is 1. The minimum absolute atomic E-state index is 0.259. The normalized spacial score (nSPS) is 10.3. The molecule has 21 heavy (non-hydrogen) atoms. The van der Waals surface area contributed by atoms with E-state index >= 15 is 0 Å². The standard InChI is InChI=1S/C17H14N2O2/c1-21-16-11-15(19-14-10-6-5-9-13(14)16)17(20)18-12-7-3-2-4-8-12/h2-11H,1H3,(H,18,20). The van der Waals surface area contributed by atoms with Crippen LogP contribution in [0.15, 0.2) is 60.7 Å². The van der Waals surface area contributed by atoms with Crippen LogP contribution in [0, 0.1) is 0 Å². The number of para-hydroxylation sites is 2. The summed E-state index contributed by atoms with van der Waals surface area (Å²) in [5.74, 6) is 0.379. The van der Waals surface area contributed by atoms with Crippen molar-refractivity contribution >= 4 is 22.5 Å². The maximum Gasteiger partial charge on any atom is 0.274 e. The van der Waals surface area contributed by atoms with Crippen LogP contribution in [0.2, 0.25) is 0 Å². The number of hydrogen-bond acceptors (Lipinski definition) is 3. The Morgan fingerprint density at radius 3 is 2.52 bits per heavy atom. The molecule has 3 rings (SSSR count). The molecular formula is C17H14N2O2. The summed E-state index contributed by atoms with van der Waals surface area (Å²) >= 11 is 0. The van der Waals surface area contributed by atoms with E-state index < -0.39 is 0 Å². The first-order valence-electron chi connectivity index (χ1n) is 6.58. The molecule has 4 nitrogen and oxygen atoms in total. The predicted molar refractivity (Wildman–Crippen MR) is 82.7 cm³/mol. The molecule has 1 aromatic heterocycles. The number of aromatic nitrogens is 1. The van der Waals surface area contributed by atoms with Gasteiger partial charge < -0.3 is 10.1 Å². The van der Waals surface area contributed by atoms with E-state index in [4.69, 9.17) is 4.74 Å². The lowest BCUT2D eigenvalue weighted by Gasteiger charge is -2.09. The van der Waals surface area contributed by atoms with E-state index in [0.29, 0.717) is 11.4 Å². The second kappa shape index (κ2) is 5.63. The van der Waals surface area contributed by atoms with E-state index in [9.17, 15) is 4.79 Å². The summed E-state index contributed by atoms with van der Waals surface area (Å²) in [6.07, 6.45) is 0. The molecule has 104 valence electrons. The first kappa shape index (κ1) is 13.1. The summed E-state index contributed by atoms with van der Waals surface area (Å²) in [5.41, 5.74) is 1.79. The summed E-state index contributed by atoms with van der Waals surface area (Å²) in [7, 11) is 1.58. The van der Waals surface area contributed by atoms with Gasteiger partial charge in [-0.25, -0.2) is 4.98 Å². The van der Waals surface area contributed by atoms with Crippen molar-refractivity contribution in [1.82, 2.24) is 4.98 Å². The minimum Gasteiger partial charge on any atom is -0.496 e. The zero-order valence-corrected chi connectivity index (χ0v) is 11.5. The van der Waals surface area contributed by atoms with Gasteiger partial charge in [0.1, 0.15) is 11.4 Å². The van der Waals surface area contributed by atoms with Crippen LogP contribution in [0.4, 0.5) is 5.69 Å². The fraction of sp³-hybridized carbons (Fsp3) is 0.0588. The molecule has 0 bridgehead atoms. The SMILES string of the molecule is COc1cc(C(=O)Nc2ccccc2)nc2ccccc12. The van der Waals surface area contributed by atoms with E-state index in [2.05, 4.69) is 10.3 Å². The van der Waals surface area contributed by atoms with Crippen molar-refractivity contribution in [2.45, 2.75) is 0 Å². The average molecular weight is 278 g/mol. The third-order valence-electron chi connectivity index (χ3n) is 3.16. The minimum atomic E-state index is -0.259. The number of hydrogen-bond donors (Lipinski definition) is 1. The molecule has 0 aliphatic rings. The van der Waals surface area contributed by atoms with Crippen molar-refractivity contribution in [1.29, 1.82) is 0 Å². The first-order valence-corrected chi connectivity index (χ1v) is 6.58. The summed E-state index contributed by atoms with van der Waals surface area (Å²) in [6, 6.07) is 18.5. The summed E-state index contributed by atoms with van der Waals surface area (Å²) in [5, 5.41) is 3.70. The molecule has 0 radical (unpaired) electrons. The molecule has 0 saturated heterocycles. The van der Waals surface area contributed by atoms with Crippen LogP contribution in [-0.4, -0.2) is 18.0 Å². The van der Waals surface area contributed by atoms with Crippen molar-refractivity contribution in [3.8, 4) is 5.75 Å². The Hall–Kier alpha value is -2.88. The number of carbonyl (C=O) groups excluding carboxylic acids is 1. The summed E-state index contributed by atoms with van der Waals surface area (Å²) in [4.78, 5) is 16.7. The van der Waals surface area contributed by atoms with Crippen molar-refractivity contribution in [3.05, 3.63) is 66.4 Å². The van der Waals surface area contributed by atoms with E-state index in [-0.39, 0.29) is 5.91 Å². The fourth-order valence-electron chi connectivity index (χ4n) is 2.15. The smallest absolute Gasteiger partial charge is 0.274 e. The molecule has 0 atom stereocenters. The monoisotopic (exact) mass is 278 g/mol. The van der Waals surface area contributed by atoms with Crippen molar-refractivity contribution in [3.63, 3.8) is 0 Å². The third-order valence-corrected chi connectivity index (χ3v) is 3.16. The quantitative estimate of drug-likeness (QED) is 0.797. The highest BCUT2D eigenvalue weighted by Crippen LogP contribution is 2.25. The van der Waals surface area contributed by atoms with E-state index in [1.54, 1.807) is 13.2 Å². The zero-order chi connectivity index (χ0) is 14.7. The topological polar surface area (TPSA) is 51.2 Å². The lowest BCUT2D eigenvalue weighted by atomic mass is 10.1. The second-order valence-corrected chi connectivity index (χ2v) is 4.55. The Labute approximate surface area is 122 Å². The number of carbonyl (C=O) groups is 1. The van der Waals surface area contributed by atoms with Gasteiger partial charge in [0.15, 0.2) is 0 Å². The number of amides is 1. The van der Waals surface area contributed by atoms with Gasteiger partial charge in [-0.15, -0.1) is 0 Å². The number of pyridine rings is 1. The van der Waals surface area contributed by atoms with Gasteiger partial charge in [0.25, 0.3) is 5.91 Å². The molecule has 0 aliphatic carbocycles. The highest BCUT2D eigenvalue weighted by Gasteiger charge is 2.12. The maximum atomic E-state index is 12.3. The zero-order valence-electron chi connectivity index (χ0n) is 11.5. The van der Waals surface area contributed by atoms with Gasteiger partial charge in [-0.1, -0.05) is 30.3 Å². The number of fused-ring (bicyclic) bond motifs is 1. The number of anilines is 1.